The van der Waals surface area contributed by atoms with Gasteiger partial charge in [-0.15, -0.1) is 0 Å². The van der Waals surface area contributed by atoms with Crippen molar-refractivity contribution in [2.24, 2.45) is 0 Å². The van der Waals surface area contributed by atoms with E-state index in [1.54, 1.807) is 25.7 Å². The lowest BCUT2D eigenvalue weighted by Crippen LogP contribution is -2.49. The van der Waals surface area contributed by atoms with Gasteiger partial charge in [-0.25, -0.2) is 13.2 Å². The molecule has 1 aliphatic rings. The Morgan fingerprint density at radius 2 is 1.67 bits per heavy atom. The summed E-state index contributed by atoms with van der Waals surface area (Å²) >= 11 is 12.5. The second-order valence-corrected chi connectivity index (χ2v) is 13.9. The lowest BCUT2D eigenvalue weighted by molar-refractivity contribution is -0.138. The Kier molecular flexibility index (Phi) is 10.0. The Hall–Kier alpha value is -2.74. The molecule has 15 heteroatoms. The van der Waals surface area contributed by atoms with Crippen LogP contribution in [0.3, 0.4) is 0 Å². The van der Waals surface area contributed by atoms with Crippen LogP contribution in [0.2, 0.25) is 10.0 Å². The van der Waals surface area contributed by atoms with Crippen LogP contribution < -0.4 is 10.6 Å². The van der Waals surface area contributed by atoms with Gasteiger partial charge in [0.05, 0.1) is 38.2 Å². The normalized spacial score (nSPS) is 15.0. The predicted octanol–water partition coefficient (Wildman–Crippen LogP) is 5.72. The molecule has 0 spiro atoms. The third-order valence-electron chi connectivity index (χ3n) is 6.65. The molecule has 0 radical (unpaired) electrons. The minimum Gasteiger partial charge on any atom is -0.444 e. The van der Waals surface area contributed by atoms with E-state index in [9.17, 15) is 31.2 Å². The van der Waals surface area contributed by atoms with Crippen molar-refractivity contribution in [3.8, 4) is 0 Å². The Morgan fingerprint density at radius 1 is 1.07 bits per heavy atom. The number of nitrogens with two attached hydrogens (primary N) is 1. The molecule has 3 rings (SSSR count). The molecule has 0 atom stereocenters. The van der Waals surface area contributed by atoms with E-state index in [0.717, 1.165) is 4.90 Å². The molecule has 2 aromatic rings. The number of halogens is 5. The average Bonchev–Trinajstić information content (AvgIpc) is 2.89. The summed E-state index contributed by atoms with van der Waals surface area (Å²) in [5.74, 6) is -1.29. The number of carbonyl (C=O) groups is 2. The van der Waals surface area contributed by atoms with Gasteiger partial charge >= 0.3 is 12.3 Å². The summed E-state index contributed by atoms with van der Waals surface area (Å²) in [6, 6.07) is 4.42. The zero-order valence-corrected chi connectivity index (χ0v) is 26.1. The summed E-state index contributed by atoms with van der Waals surface area (Å²) < 4.78 is 73.6. The van der Waals surface area contributed by atoms with Gasteiger partial charge in [-0.3, -0.25) is 9.69 Å². The molecule has 2 N–H and O–H groups in total. The van der Waals surface area contributed by atoms with Gasteiger partial charge in [-0.1, -0.05) is 30.1 Å². The molecule has 232 valence electrons. The number of nitrogens with zero attached hydrogens (tertiary/aromatic N) is 3. The van der Waals surface area contributed by atoms with Gasteiger partial charge in [-0.05, 0) is 50.6 Å². The standard InChI is InChI=1S/C27H33Cl2F3N4O5S/c1-6-42(39,40)21-8-7-16(28)13-20(21)34(5)24(37)17-14-19(27(30,31)32)18(22(29)23(17)33)15-35-9-11-36(12-10-35)25(38)41-26(2,3)4/h7-8,13-14H,6,9-12,15,33H2,1-5H3. The van der Waals surface area contributed by atoms with Crippen molar-refractivity contribution >= 4 is 56.4 Å². The van der Waals surface area contributed by atoms with Crippen molar-refractivity contribution in [1.29, 1.82) is 0 Å². The molecule has 2 amide bonds. The van der Waals surface area contributed by atoms with Crippen LogP contribution in [-0.4, -0.2) is 74.8 Å². The van der Waals surface area contributed by atoms with E-state index >= 15 is 0 Å². The van der Waals surface area contributed by atoms with Gasteiger partial charge in [0.2, 0.25) is 0 Å². The number of amides is 2. The lowest BCUT2D eigenvalue weighted by Gasteiger charge is -2.36. The van der Waals surface area contributed by atoms with Crippen molar-refractivity contribution in [3.05, 3.63) is 51.0 Å². The fraction of sp³-hybridized carbons (Fsp3) is 0.481. The van der Waals surface area contributed by atoms with Crippen LogP contribution in [-0.2, 0) is 27.3 Å². The average molecular weight is 654 g/mol. The van der Waals surface area contributed by atoms with Gasteiger partial charge in [0.1, 0.15) is 5.60 Å². The third kappa shape index (κ3) is 7.61. The number of rotatable bonds is 6. The topological polar surface area (TPSA) is 113 Å². The van der Waals surface area contributed by atoms with Crippen LogP contribution in [0.1, 0.15) is 49.2 Å². The van der Waals surface area contributed by atoms with Gasteiger partial charge in [-0.2, -0.15) is 13.2 Å². The van der Waals surface area contributed by atoms with Crippen LogP contribution in [0.4, 0.5) is 29.3 Å². The minimum atomic E-state index is -4.90. The highest BCUT2D eigenvalue weighted by Gasteiger charge is 2.38. The highest BCUT2D eigenvalue weighted by atomic mass is 35.5. The van der Waals surface area contributed by atoms with E-state index in [-0.39, 0.29) is 65.3 Å². The maximum Gasteiger partial charge on any atom is 0.416 e. The fourth-order valence-corrected chi connectivity index (χ4v) is 5.92. The smallest absolute Gasteiger partial charge is 0.416 e. The molecule has 0 aromatic heterocycles. The molecular formula is C27H33Cl2F3N4O5S. The number of ether oxygens (including phenoxy) is 1. The first-order chi connectivity index (χ1) is 19.3. The molecule has 1 aliphatic heterocycles. The maximum atomic E-state index is 14.3. The highest BCUT2D eigenvalue weighted by molar-refractivity contribution is 7.91. The summed E-state index contributed by atoms with van der Waals surface area (Å²) in [4.78, 5) is 29.7. The van der Waals surface area contributed by atoms with Crippen molar-refractivity contribution < 1.29 is 35.9 Å². The Morgan fingerprint density at radius 3 is 2.19 bits per heavy atom. The molecule has 0 unspecified atom stereocenters. The van der Waals surface area contributed by atoms with Crippen molar-refractivity contribution in [3.63, 3.8) is 0 Å². The van der Waals surface area contributed by atoms with E-state index in [1.165, 1.54) is 37.1 Å². The Balaban J connectivity index is 1.95. The van der Waals surface area contributed by atoms with Crippen LogP contribution in [0.5, 0.6) is 0 Å². The minimum absolute atomic E-state index is 0.115. The van der Waals surface area contributed by atoms with Crippen LogP contribution in [0, 0.1) is 0 Å². The summed E-state index contributed by atoms with van der Waals surface area (Å²) in [6.07, 6.45) is -5.41. The number of carbonyl (C=O) groups excluding carboxylic acids is 2. The third-order valence-corrected chi connectivity index (χ3v) is 9.09. The molecule has 0 aliphatic carbocycles. The second-order valence-electron chi connectivity index (χ2n) is 10.8. The van der Waals surface area contributed by atoms with E-state index in [4.69, 9.17) is 33.7 Å². The van der Waals surface area contributed by atoms with Crippen LogP contribution in [0.15, 0.2) is 29.2 Å². The van der Waals surface area contributed by atoms with E-state index < -0.39 is 49.8 Å². The largest absolute Gasteiger partial charge is 0.444 e. The summed E-state index contributed by atoms with van der Waals surface area (Å²) in [5.41, 5.74) is 2.93. The maximum absolute atomic E-state index is 14.3. The van der Waals surface area contributed by atoms with Crippen molar-refractivity contribution in [2.75, 3.05) is 49.6 Å². The van der Waals surface area contributed by atoms with E-state index in [0.29, 0.717) is 6.07 Å². The molecule has 2 aromatic carbocycles. The van der Waals surface area contributed by atoms with Gasteiger partial charge in [0.15, 0.2) is 9.84 Å². The summed E-state index contributed by atoms with van der Waals surface area (Å²) in [6.45, 7) is 7.34. The van der Waals surface area contributed by atoms with E-state index in [2.05, 4.69) is 0 Å². The zero-order chi connectivity index (χ0) is 31.8. The zero-order valence-electron chi connectivity index (χ0n) is 23.8. The Bertz CT molecular complexity index is 1470. The number of hydrogen-bond acceptors (Lipinski definition) is 7. The summed E-state index contributed by atoms with van der Waals surface area (Å²) in [7, 11) is -2.62. The van der Waals surface area contributed by atoms with Gasteiger partial charge in [0.25, 0.3) is 5.91 Å². The molecular weight excluding hydrogens is 620 g/mol. The van der Waals surface area contributed by atoms with Crippen molar-refractivity contribution in [2.45, 2.75) is 50.9 Å². The first-order valence-electron chi connectivity index (χ1n) is 13.0. The molecule has 1 fully saturated rings. The summed E-state index contributed by atoms with van der Waals surface area (Å²) in [5, 5.41) is -0.326. The van der Waals surface area contributed by atoms with Crippen molar-refractivity contribution in [1.82, 2.24) is 9.80 Å². The lowest BCUT2D eigenvalue weighted by atomic mass is 9.99. The number of piperazine rings is 1. The number of alkyl halides is 3. The molecule has 0 bridgehead atoms. The number of anilines is 2. The number of nitrogen functional groups attached to an aromatic ring is 1. The number of sulfone groups is 1. The Labute approximate surface area is 253 Å². The molecule has 1 saturated heterocycles. The number of hydrogen-bond donors (Lipinski definition) is 1. The second kappa shape index (κ2) is 12.5. The monoisotopic (exact) mass is 652 g/mol. The molecule has 0 saturated carbocycles. The van der Waals surface area contributed by atoms with Crippen LogP contribution >= 0.6 is 23.2 Å². The predicted molar refractivity (Wildman–Crippen MR) is 156 cm³/mol. The van der Waals surface area contributed by atoms with E-state index in [1.807, 2.05) is 0 Å². The molecule has 42 heavy (non-hydrogen) atoms. The van der Waals surface area contributed by atoms with Gasteiger partial charge in [0, 0.05) is 44.8 Å². The fourth-order valence-electron chi connectivity index (χ4n) is 4.39. The first kappa shape index (κ1) is 33.8. The highest BCUT2D eigenvalue weighted by Crippen LogP contribution is 2.41. The van der Waals surface area contributed by atoms with Gasteiger partial charge < -0.3 is 20.3 Å². The number of benzene rings is 2. The molecule has 1 heterocycles. The van der Waals surface area contributed by atoms with Crippen LogP contribution in [0.25, 0.3) is 0 Å². The molecule has 9 nitrogen and oxygen atoms in total. The quantitative estimate of drug-likeness (QED) is 0.397. The SMILES string of the molecule is CCS(=O)(=O)c1ccc(Cl)cc1N(C)C(=O)c1cc(C(F)(F)F)c(CN2CCN(C(=O)OC(C)(C)C)CC2)c(Cl)c1N. The first-order valence-corrected chi connectivity index (χ1v) is 15.4.